The minimum absolute atomic E-state index is 0. The SMILES string of the molecule is CCNC(=NCc1cccnc1OCC)NCC(C)c1cccs1.I. The van der Waals surface area contributed by atoms with E-state index < -0.39 is 0 Å². The van der Waals surface area contributed by atoms with Crippen LogP contribution in [-0.2, 0) is 6.54 Å². The van der Waals surface area contributed by atoms with Crippen molar-refractivity contribution in [1.29, 1.82) is 0 Å². The van der Waals surface area contributed by atoms with E-state index in [2.05, 4.69) is 52.0 Å². The van der Waals surface area contributed by atoms with Crippen molar-refractivity contribution in [3.63, 3.8) is 0 Å². The number of aliphatic imine (C=N–C) groups is 1. The van der Waals surface area contributed by atoms with Crippen LogP contribution in [-0.4, -0.2) is 30.6 Å². The predicted octanol–water partition coefficient (Wildman–Crippen LogP) is 4.02. The zero-order valence-corrected chi connectivity index (χ0v) is 18.1. The van der Waals surface area contributed by atoms with Gasteiger partial charge in [-0.05, 0) is 31.4 Å². The van der Waals surface area contributed by atoms with Crippen molar-refractivity contribution >= 4 is 41.3 Å². The van der Waals surface area contributed by atoms with Crippen LogP contribution in [0.15, 0.2) is 40.8 Å². The van der Waals surface area contributed by atoms with E-state index in [-0.39, 0.29) is 24.0 Å². The Hall–Kier alpha value is -1.35. The third-order valence-electron chi connectivity index (χ3n) is 3.49. The summed E-state index contributed by atoms with van der Waals surface area (Å²) in [7, 11) is 0. The second kappa shape index (κ2) is 12.1. The number of rotatable bonds is 8. The van der Waals surface area contributed by atoms with Crippen molar-refractivity contribution in [2.75, 3.05) is 19.7 Å². The number of nitrogens with zero attached hydrogens (tertiary/aromatic N) is 2. The van der Waals surface area contributed by atoms with Crippen molar-refractivity contribution in [3.05, 3.63) is 46.3 Å². The molecule has 7 heteroatoms. The Balaban J connectivity index is 0.00000312. The number of hydrogen-bond donors (Lipinski definition) is 2. The number of nitrogens with one attached hydrogen (secondary N) is 2. The first-order valence-corrected chi connectivity index (χ1v) is 9.24. The molecule has 5 nitrogen and oxygen atoms in total. The van der Waals surface area contributed by atoms with E-state index in [9.17, 15) is 0 Å². The van der Waals surface area contributed by atoms with E-state index in [4.69, 9.17) is 4.74 Å². The highest BCUT2D eigenvalue weighted by Crippen LogP contribution is 2.19. The number of thiophene rings is 1. The van der Waals surface area contributed by atoms with E-state index in [1.807, 2.05) is 19.1 Å². The monoisotopic (exact) mass is 474 g/mol. The van der Waals surface area contributed by atoms with Gasteiger partial charge in [-0.15, -0.1) is 35.3 Å². The minimum atomic E-state index is 0. The molecule has 138 valence electrons. The van der Waals surface area contributed by atoms with Gasteiger partial charge in [-0.3, -0.25) is 0 Å². The first kappa shape index (κ1) is 21.7. The van der Waals surface area contributed by atoms with Crippen molar-refractivity contribution in [3.8, 4) is 5.88 Å². The molecule has 0 aliphatic carbocycles. The Kier molecular flexibility index (Phi) is 10.5. The Labute approximate surface area is 171 Å². The van der Waals surface area contributed by atoms with Gasteiger partial charge in [-0.25, -0.2) is 9.98 Å². The molecule has 25 heavy (non-hydrogen) atoms. The summed E-state index contributed by atoms with van der Waals surface area (Å²) in [5, 5.41) is 8.81. The van der Waals surface area contributed by atoms with Crippen LogP contribution in [0, 0.1) is 0 Å². The maximum Gasteiger partial charge on any atom is 0.218 e. The minimum Gasteiger partial charge on any atom is -0.478 e. The summed E-state index contributed by atoms with van der Waals surface area (Å²) < 4.78 is 5.56. The van der Waals surface area contributed by atoms with Gasteiger partial charge in [0.25, 0.3) is 0 Å². The van der Waals surface area contributed by atoms with Crippen LogP contribution in [0.25, 0.3) is 0 Å². The molecule has 2 aromatic heterocycles. The van der Waals surface area contributed by atoms with Gasteiger partial charge in [0.05, 0.1) is 13.2 Å². The summed E-state index contributed by atoms with van der Waals surface area (Å²) in [6, 6.07) is 8.17. The molecule has 2 heterocycles. The smallest absolute Gasteiger partial charge is 0.218 e. The predicted molar refractivity (Wildman–Crippen MR) is 116 cm³/mol. The van der Waals surface area contributed by atoms with Crippen molar-refractivity contribution in [1.82, 2.24) is 15.6 Å². The van der Waals surface area contributed by atoms with Gasteiger partial charge in [0, 0.05) is 35.6 Å². The molecule has 2 rings (SSSR count). The van der Waals surface area contributed by atoms with Crippen LogP contribution < -0.4 is 15.4 Å². The number of ether oxygens (including phenoxy) is 1. The third kappa shape index (κ3) is 7.19. The molecule has 0 aliphatic heterocycles. The van der Waals surface area contributed by atoms with Crippen LogP contribution in [0.3, 0.4) is 0 Å². The molecule has 1 atom stereocenters. The summed E-state index contributed by atoms with van der Waals surface area (Å²) in [6.07, 6.45) is 1.74. The first-order valence-electron chi connectivity index (χ1n) is 8.36. The van der Waals surface area contributed by atoms with Crippen LogP contribution >= 0.6 is 35.3 Å². The quantitative estimate of drug-likeness (QED) is 0.345. The Morgan fingerprint density at radius 2 is 2.12 bits per heavy atom. The highest BCUT2D eigenvalue weighted by atomic mass is 127. The number of aromatic nitrogens is 1. The summed E-state index contributed by atoms with van der Waals surface area (Å²) in [5.41, 5.74) is 0.989. The number of pyridine rings is 1. The van der Waals surface area contributed by atoms with E-state index >= 15 is 0 Å². The van der Waals surface area contributed by atoms with Gasteiger partial charge in [0.15, 0.2) is 5.96 Å². The first-order chi connectivity index (χ1) is 11.7. The second-order valence-electron chi connectivity index (χ2n) is 5.39. The van der Waals surface area contributed by atoms with Crippen LogP contribution in [0.4, 0.5) is 0 Å². The van der Waals surface area contributed by atoms with Crippen LogP contribution in [0.5, 0.6) is 5.88 Å². The molecule has 0 fully saturated rings. The fraction of sp³-hybridized carbons (Fsp3) is 0.444. The molecule has 2 N–H and O–H groups in total. The lowest BCUT2D eigenvalue weighted by Gasteiger charge is -2.15. The second-order valence-corrected chi connectivity index (χ2v) is 6.37. The summed E-state index contributed by atoms with van der Waals surface area (Å²) in [4.78, 5) is 10.3. The average molecular weight is 474 g/mol. The molecule has 0 saturated heterocycles. The summed E-state index contributed by atoms with van der Waals surface area (Å²) >= 11 is 1.79. The van der Waals surface area contributed by atoms with Crippen LogP contribution in [0.2, 0.25) is 0 Å². The Morgan fingerprint density at radius 1 is 1.28 bits per heavy atom. The highest BCUT2D eigenvalue weighted by Gasteiger charge is 2.08. The van der Waals surface area contributed by atoms with Gasteiger partial charge in [0.2, 0.25) is 5.88 Å². The molecule has 0 amide bonds. The van der Waals surface area contributed by atoms with Crippen molar-refractivity contribution < 1.29 is 4.74 Å². The lowest BCUT2D eigenvalue weighted by atomic mass is 10.1. The number of hydrogen-bond acceptors (Lipinski definition) is 4. The number of halogens is 1. The number of guanidine groups is 1. The highest BCUT2D eigenvalue weighted by molar-refractivity contribution is 14.0. The van der Waals surface area contributed by atoms with E-state index in [1.165, 1.54) is 4.88 Å². The topological polar surface area (TPSA) is 58.5 Å². The molecular weight excluding hydrogens is 447 g/mol. The van der Waals surface area contributed by atoms with Gasteiger partial charge in [-0.2, -0.15) is 0 Å². The van der Waals surface area contributed by atoms with Crippen molar-refractivity contribution in [2.45, 2.75) is 33.2 Å². The molecule has 0 spiro atoms. The van der Waals surface area contributed by atoms with E-state index in [0.29, 0.717) is 24.9 Å². The Morgan fingerprint density at radius 3 is 2.80 bits per heavy atom. The summed E-state index contributed by atoms with van der Waals surface area (Å²) in [5.74, 6) is 1.92. The maximum absolute atomic E-state index is 5.56. The van der Waals surface area contributed by atoms with Gasteiger partial charge >= 0.3 is 0 Å². The normalized spacial score (nSPS) is 12.2. The van der Waals surface area contributed by atoms with Crippen molar-refractivity contribution in [2.24, 2.45) is 4.99 Å². The Bertz CT molecular complexity index is 634. The van der Waals surface area contributed by atoms with Gasteiger partial charge < -0.3 is 15.4 Å². The fourth-order valence-electron chi connectivity index (χ4n) is 2.24. The fourth-order valence-corrected chi connectivity index (χ4v) is 3.03. The molecule has 0 aliphatic rings. The zero-order valence-electron chi connectivity index (χ0n) is 15.0. The van der Waals surface area contributed by atoms with E-state index in [1.54, 1.807) is 17.5 Å². The zero-order chi connectivity index (χ0) is 17.2. The lowest BCUT2D eigenvalue weighted by molar-refractivity contribution is 0.323. The molecule has 1 unspecified atom stereocenters. The lowest BCUT2D eigenvalue weighted by Crippen LogP contribution is -2.39. The molecule has 0 bridgehead atoms. The molecule has 0 radical (unpaired) electrons. The standard InChI is InChI=1S/C18H26N4OS.HI/c1-4-19-18(21-12-14(3)16-9-7-11-24-16)22-13-15-8-6-10-20-17(15)23-5-2;/h6-11,14H,4-5,12-13H2,1-3H3,(H2,19,21,22);1H. The molecule has 0 aromatic carbocycles. The molecule has 2 aromatic rings. The van der Waals surface area contributed by atoms with Gasteiger partial charge in [0.1, 0.15) is 0 Å². The molecule has 0 saturated carbocycles. The molecular formula is C18H27IN4OS. The van der Waals surface area contributed by atoms with E-state index in [0.717, 1.165) is 24.6 Å². The van der Waals surface area contributed by atoms with Crippen LogP contribution in [0.1, 0.15) is 37.1 Å². The largest absolute Gasteiger partial charge is 0.478 e. The average Bonchev–Trinajstić information content (AvgIpc) is 3.13. The van der Waals surface area contributed by atoms with Gasteiger partial charge in [-0.1, -0.05) is 19.1 Å². The maximum atomic E-state index is 5.56. The summed E-state index contributed by atoms with van der Waals surface area (Å²) in [6.45, 7) is 9.05. The third-order valence-corrected chi connectivity index (χ3v) is 4.59.